The molecule has 7 heteroatoms. The van der Waals surface area contributed by atoms with Gasteiger partial charge in [-0.3, -0.25) is 19.5 Å². The topological polar surface area (TPSA) is 65.5 Å². The Balaban J connectivity index is 1.37. The summed E-state index contributed by atoms with van der Waals surface area (Å²) in [6, 6.07) is 13.1. The maximum Gasteiger partial charge on any atom is 0.264 e. The molecule has 3 aromatic rings. The number of amides is 2. The molecule has 1 aromatic carbocycles. The minimum atomic E-state index is -0.275. The molecule has 29 heavy (non-hydrogen) atoms. The van der Waals surface area contributed by atoms with Crippen molar-refractivity contribution >= 4 is 39.7 Å². The summed E-state index contributed by atoms with van der Waals surface area (Å²) in [6.45, 7) is 6.55. The van der Waals surface area contributed by atoms with Crippen LogP contribution in [0.5, 0.6) is 0 Å². The van der Waals surface area contributed by atoms with Gasteiger partial charge < -0.3 is 10.2 Å². The zero-order valence-corrected chi connectivity index (χ0v) is 17.4. The van der Waals surface area contributed by atoms with Gasteiger partial charge in [-0.15, -0.1) is 11.3 Å². The number of nitrogens with one attached hydrogen (secondary N) is 1. The van der Waals surface area contributed by atoms with Crippen LogP contribution >= 0.6 is 11.3 Å². The Kier molecular flexibility index (Phi) is 5.60. The maximum absolute atomic E-state index is 12.8. The second kappa shape index (κ2) is 8.31. The molecule has 1 saturated heterocycles. The van der Waals surface area contributed by atoms with Gasteiger partial charge in [-0.25, -0.2) is 0 Å². The van der Waals surface area contributed by atoms with Crippen LogP contribution in [0.25, 0.3) is 10.9 Å². The monoisotopic (exact) mass is 408 g/mol. The first-order valence-corrected chi connectivity index (χ1v) is 10.6. The Morgan fingerprint density at radius 2 is 1.86 bits per heavy atom. The van der Waals surface area contributed by atoms with Gasteiger partial charge in [-0.1, -0.05) is 6.07 Å². The normalized spacial score (nSPS) is 16.0. The second-order valence-corrected chi connectivity index (χ2v) is 8.57. The number of hydrogen-bond donors (Lipinski definition) is 1. The lowest BCUT2D eigenvalue weighted by Crippen LogP contribution is -2.53. The first kappa shape index (κ1) is 19.5. The summed E-state index contributed by atoms with van der Waals surface area (Å²) in [4.78, 5) is 35.7. The average Bonchev–Trinajstić information content (AvgIpc) is 3.19. The molecule has 1 N–H and O–H groups in total. The molecule has 1 aliphatic heterocycles. The minimum absolute atomic E-state index is 0.0463. The molecule has 0 saturated carbocycles. The number of nitrogens with zero attached hydrogens (tertiary/aromatic N) is 3. The summed E-state index contributed by atoms with van der Waals surface area (Å²) in [7, 11) is 0. The number of anilines is 1. The quantitative estimate of drug-likeness (QED) is 0.719. The Labute approximate surface area is 174 Å². The molecule has 0 spiro atoms. The fourth-order valence-electron chi connectivity index (χ4n) is 3.63. The summed E-state index contributed by atoms with van der Waals surface area (Å²) in [5.74, 6) is 0.0399. The van der Waals surface area contributed by atoms with Crippen LogP contribution in [0.3, 0.4) is 0 Å². The van der Waals surface area contributed by atoms with Gasteiger partial charge in [0, 0.05) is 42.6 Å². The summed E-state index contributed by atoms with van der Waals surface area (Å²) >= 11 is 1.53. The fourth-order valence-corrected chi connectivity index (χ4v) is 4.47. The number of rotatable bonds is 4. The number of fused-ring (bicyclic) bond motifs is 1. The van der Waals surface area contributed by atoms with Crippen LogP contribution in [0.2, 0.25) is 0 Å². The number of pyridine rings is 1. The SMILES string of the molecule is Cc1ccc(C(=O)N2CCN(C(C)C(=O)Nc3cccc4ncccc34)CC2)s1. The Morgan fingerprint density at radius 1 is 1.07 bits per heavy atom. The van der Waals surface area contributed by atoms with Crippen molar-refractivity contribution in [3.63, 3.8) is 0 Å². The van der Waals surface area contributed by atoms with Gasteiger partial charge in [-0.05, 0) is 50.2 Å². The second-order valence-electron chi connectivity index (χ2n) is 7.28. The van der Waals surface area contributed by atoms with E-state index in [-0.39, 0.29) is 17.9 Å². The van der Waals surface area contributed by atoms with Crippen molar-refractivity contribution in [3.05, 3.63) is 58.4 Å². The number of aromatic nitrogens is 1. The summed E-state index contributed by atoms with van der Waals surface area (Å²) < 4.78 is 0. The molecule has 0 bridgehead atoms. The molecule has 4 rings (SSSR count). The van der Waals surface area contributed by atoms with Gasteiger partial charge in [0.25, 0.3) is 5.91 Å². The van der Waals surface area contributed by atoms with Crippen LogP contribution in [0.4, 0.5) is 5.69 Å². The van der Waals surface area contributed by atoms with Gasteiger partial charge in [0.05, 0.1) is 22.1 Å². The van der Waals surface area contributed by atoms with Crippen LogP contribution in [0, 0.1) is 6.92 Å². The van der Waals surface area contributed by atoms with Gasteiger partial charge in [0.2, 0.25) is 5.91 Å². The lowest BCUT2D eigenvalue weighted by atomic mass is 10.1. The van der Waals surface area contributed by atoms with E-state index in [1.165, 1.54) is 11.3 Å². The molecule has 2 aromatic heterocycles. The predicted octanol–water partition coefficient (Wildman–Crippen LogP) is 3.39. The van der Waals surface area contributed by atoms with Crippen molar-refractivity contribution in [2.24, 2.45) is 0 Å². The lowest BCUT2D eigenvalue weighted by molar-refractivity contribution is -0.121. The molecular weight excluding hydrogens is 384 g/mol. The number of aryl methyl sites for hydroxylation is 1. The summed E-state index contributed by atoms with van der Waals surface area (Å²) in [6.07, 6.45) is 1.74. The van der Waals surface area contributed by atoms with Crippen LogP contribution in [-0.2, 0) is 4.79 Å². The number of hydrogen-bond acceptors (Lipinski definition) is 5. The van der Waals surface area contributed by atoms with Crippen molar-refractivity contribution < 1.29 is 9.59 Å². The predicted molar refractivity (Wildman–Crippen MR) is 116 cm³/mol. The van der Waals surface area contributed by atoms with Gasteiger partial charge in [0.15, 0.2) is 0 Å². The first-order valence-electron chi connectivity index (χ1n) is 9.77. The number of piperazine rings is 1. The Hall–Kier alpha value is -2.77. The zero-order valence-electron chi connectivity index (χ0n) is 16.6. The van der Waals surface area contributed by atoms with E-state index in [4.69, 9.17) is 0 Å². The molecule has 1 aliphatic rings. The van der Waals surface area contributed by atoms with Crippen LogP contribution in [0.1, 0.15) is 21.5 Å². The summed E-state index contributed by atoms with van der Waals surface area (Å²) in [5, 5.41) is 3.97. The Bertz CT molecular complexity index is 1030. The molecule has 150 valence electrons. The fraction of sp³-hybridized carbons (Fsp3) is 0.318. The average molecular weight is 409 g/mol. The molecule has 0 radical (unpaired) electrons. The van der Waals surface area contributed by atoms with E-state index in [2.05, 4.69) is 15.2 Å². The van der Waals surface area contributed by atoms with Gasteiger partial charge in [-0.2, -0.15) is 0 Å². The van der Waals surface area contributed by atoms with E-state index in [1.807, 2.05) is 61.2 Å². The van der Waals surface area contributed by atoms with E-state index in [0.717, 1.165) is 26.3 Å². The number of carbonyl (C=O) groups excluding carboxylic acids is 2. The first-order chi connectivity index (χ1) is 14.0. The number of carbonyl (C=O) groups is 2. The third-order valence-corrected chi connectivity index (χ3v) is 6.37. The lowest BCUT2D eigenvalue weighted by Gasteiger charge is -2.37. The highest BCUT2D eigenvalue weighted by Crippen LogP contribution is 2.22. The maximum atomic E-state index is 12.8. The smallest absolute Gasteiger partial charge is 0.264 e. The highest BCUT2D eigenvalue weighted by Gasteiger charge is 2.28. The van der Waals surface area contributed by atoms with Crippen molar-refractivity contribution in [1.29, 1.82) is 0 Å². The van der Waals surface area contributed by atoms with E-state index >= 15 is 0 Å². The van der Waals surface area contributed by atoms with Crippen molar-refractivity contribution in [2.45, 2.75) is 19.9 Å². The van der Waals surface area contributed by atoms with E-state index in [9.17, 15) is 9.59 Å². The largest absolute Gasteiger partial charge is 0.335 e. The molecule has 1 atom stereocenters. The van der Waals surface area contributed by atoms with Crippen molar-refractivity contribution in [1.82, 2.24) is 14.8 Å². The molecular formula is C22H24N4O2S. The number of thiophene rings is 1. The highest BCUT2D eigenvalue weighted by molar-refractivity contribution is 7.13. The molecule has 1 unspecified atom stereocenters. The third-order valence-electron chi connectivity index (χ3n) is 5.38. The molecule has 0 aliphatic carbocycles. The van der Waals surface area contributed by atoms with Crippen LogP contribution in [-0.4, -0.2) is 58.8 Å². The third kappa shape index (κ3) is 4.16. The standard InChI is InChI=1S/C22H24N4O2S/c1-15-8-9-20(29-15)22(28)26-13-11-25(12-14-26)16(2)21(27)24-19-7-3-6-18-17(19)5-4-10-23-18/h3-10,16H,11-14H2,1-2H3,(H,24,27). The minimum Gasteiger partial charge on any atom is -0.335 e. The van der Waals surface area contributed by atoms with Crippen LogP contribution in [0.15, 0.2) is 48.7 Å². The molecule has 6 nitrogen and oxygen atoms in total. The van der Waals surface area contributed by atoms with Gasteiger partial charge >= 0.3 is 0 Å². The van der Waals surface area contributed by atoms with E-state index in [1.54, 1.807) is 6.20 Å². The molecule has 2 amide bonds. The summed E-state index contributed by atoms with van der Waals surface area (Å²) in [5.41, 5.74) is 1.63. The number of benzene rings is 1. The van der Waals surface area contributed by atoms with Crippen molar-refractivity contribution in [3.8, 4) is 0 Å². The van der Waals surface area contributed by atoms with Crippen molar-refractivity contribution in [2.75, 3.05) is 31.5 Å². The highest BCUT2D eigenvalue weighted by atomic mass is 32.1. The van der Waals surface area contributed by atoms with E-state index in [0.29, 0.717) is 26.2 Å². The zero-order chi connectivity index (χ0) is 20.4. The molecule has 3 heterocycles. The Morgan fingerprint density at radius 3 is 2.59 bits per heavy atom. The van der Waals surface area contributed by atoms with E-state index < -0.39 is 0 Å². The van der Waals surface area contributed by atoms with Gasteiger partial charge in [0.1, 0.15) is 0 Å². The van der Waals surface area contributed by atoms with Crippen LogP contribution < -0.4 is 5.32 Å². The molecule has 1 fully saturated rings.